The van der Waals surface area contributed by atoms with Gasteiger partial charge in [-0.3, -0.25) is 20.2 Å². The van der Waals surface area contributed by atoms with Crippen molar-refractivity contribution in [2.75, 3.05) is 5.32 Å². The van der Waals surface area contributed by atoms with Gasteiger partial charge in [0.1, 0.15) is 5.52 Å². The number of hydrogen-bond donors (Lipinski definition) is 2. The number of nitrogens with one attached hydrogen (secondary N) is 2. The molecule has 1 aromatic heterocycles. The number of aromatic nitrogens is 1. The summed E-state index contributed by atoms with van der Waals surface area (Å²) >= 11 is 8.63. The number of nitro benzene ring substituents is 1. The molecule has 3 aromatic carbocycles. The highest BCUT2D eigenvalue weighted by Crippen LogP contribution is 2.27. The normalized spacial score (nSPS) is 10.6. The molecular weight excluding hydrogens is 484 g/mol. The summed E-state index contributed by atoms with van der Waals surface area (Å²) in [5.74, 6) is 0.00866. The fraction of sp³-hybridized carbons (Fsp3) is 0. The van der Waals surface area contributed by atoms with E-state index in [1.165, 1.54) is 24.3 Å². The Morgan fingerprint density at radius 3 is 2.58 bits per heavy atom. The average Bonchev–Trinajstić information content (AvgIpc) is 3.17. The van der Waals surface area contributed by atoms with E-state index in [1.54, 1.807) is 18.2 Å². The van der Waals surface area contributed by atoms with E-state index in [0.717, 1.165) is 10.0 Å². The van der Waals surface area contributed by atoms with Crippen LogP contribution in [0.2, 0.25) is 0 Å². The van der Waals surface area contributed by atoms with Gasteiger partial charge >= 0.3 is 0 Å². The largest absolute Gasteiger partial charge is 0.436 e. The molecule has 0 unspecified atom stereocenters. The zero-order valence-electron chi connectivity index (χ0n) is 15.7. The lowest BCUT2D eigenvalue weighted by Gasteiger charge is -2.09. The Kier molecular flexibility index (Phi) is 5.74. The Labute approximate surface area is 189 Å². The quantitative estimate of drug-likeness (QED) is 0.224. The first-order chi connectivity index (χ1) is 14.9. The summed E-state index contributed by atoms with van der Waals surface area (Å²) in [4.78, 5) is 27.0. The number of non-ortho nitro benzene ring substituents is 1. The molecule has 0 atom stereocenters. The number of oxazole rings is 1. The van der Waals surface area contributed by atoms with Crippen LogP contribution in [0.1, 0.15) is 10.4 Å². The smallest absolute Gasteiger partial charge is 0.269 e. The van der Waals surface area contributed by atoms with E-state index in [4.69, 9.17) is 16.6 Å². The van der Waals surface area contributed by atoms with Gasteiger partial charge in [-0.1, -0.05) is 22.0 Å². The van der Waals surface area contributed by atoms with Crippen LogP contribution in [0.25, 0.3) is 22.6 Å². The molecule has 154 valence electrons. The van der Waals surface area contributed by atoms with E-state index in [-0.39, 0.29) is 16.4 Å². The van der Waals surface area contributed by atoms with Crippen molar-refractivity contribution in [2.45, 2.75) is 0 Å². The second kappa shape index (κ2) is 8.62. The maximum Gasteiger partial charge on any atom is 0.269 e. The Hall–Kier alpha value is -3.63. The van der Waals surface area contributed by atoms with Crippen LogP contribution in [0.5, 0.6) is 0 Å². The number of fused-ring (bicyclic) bond motifs is 1. The number of halogens is 1. The van der Waals surface area contributed by atoms with E-state index >= 15 is 0 Å². The summed E-state index contributed by atoms with van der Waals surface area (Å²) < 4.78 is 6.73. The zero-order chi connectivity index (χ0) is 22.0. The molecule has 8 nitrogen and oxygen atoms in total. The molecular formula is C21H13BrN4O4S. The number of anilines is 1. The lowest BCUT2D eigenvalue weighted by Crippen LogP contribution is -2.34. The topological polar surface area (TPSA) is 110 Å². The van der Waals surface area contributed by atoms with Crippen molar-refractivity contribution in [3.8, 4) is 11.5 Å². The molecule has 0 aliphatic carbocycles. The summed E-state index contributed by atoms with van der Waals surface area (Å²) in [6.07, 6.45) is 0. The van der Waals surface area contributed by atoms with Crippen molar-refractivity contribution in [3.63, 3.8) is 0 Å². The fourth-order valence-electron chi connectivity index (χ4n) is 2.82. The number of hydrogen-bond acceptors (Lipinski definition) is 6. The third-order valence-electron chi connectivity index (χ3n) is 4.28. The van der Waals surface area contributed by atoms with Crippen LogP contribution in [0, 0.1) is 10.1 Å². The van der Waals surface area contributed by atoms with Crippen molar-refractivity contribution in [1.29, 1.82) is 0 Å². The van der Waals surface area contributed by atoms with Gasteiger partial charge in [-0.05, 0) is 60.7 Å². The molecule has 10 heteroatoms. The average molecular weight is 497 g/mol. The molecule has 0 aliphatic rings. The number of nitro groups is 1. The monoisotopic (exact) mass is 496 g/mol. The first-order valence-electron chi connectivity index (χ1n) is 8.92. The predicted molar refractivity (Wildman–Crippen MR) is 124 cm³/mol. The first kappa shape index (κ1) is 20.6. The second-order valence-corrected chi connectivity index (χ2v) is 7.75. The molecule has 0 radical (unpaired) electrons. The van der Waals surface area contributed by atoms with Gasteiger partial charge in [-0.15, -0.1) is 0 Å². The molecule has 1 heterocycles. The van der Waals surface area contributed by atoms with Crippen molar-refractivity contribution in [2.24, 2.45) is 0 Å². The van der Waals surface area contributed by atoms with Crippen molar-refractivity contribution < 1.29 is 14.1 Å². The number of benzene rings is 3. The van der Waals surface area contributed by atoms with Crippen LogP contribution in [-0.2, 0) is 0 Å². The van der Waals surface area contributed by atoms with Crippen molar-refractivity contribution in [3.05, 3.63) is 86.9 Å². The van der Waals surface area contributed by atoms with Gasteiger partial charge in [0.25, 0.3) is 11.6 Å². The minimum Gasteiger partial charge on any atom is -0.436 e. The zero-order valence-corrected chi connectivity index (χ0v) is 18.1. The Bertz CT molecular complexity index is 1320. The fourth-order valence-corrected chi connectivity index (χ4v) is 3.43. The molecule has 4 aromatic rings. The van der Waals surface area contributed by atoms with Gasteiger partial charge in [0, 0.05) is 33.4 Å². The summed E-state index contributed by atoms with van der Waals surface area (Å²) in [6.45, 7) is 0. The van der Waals surface area contributed by atoms with Crippen LogP contribution >= 0.6 is 28.1 Å². The minimum atomic E-state index is -0.532. The Morgan fingerprint density at radius 2 is 1.87 bits per heavy atom. The minimum absolute atomic E-state index is 0.0819. The molecule has 4 rings (SSSR count). The molecule has 1 amide bonds. The van der Waals surface area contributed by atoms with Gasteiger partial charge in [0.15, 0.2) is 10.7 Å². The number of thiocarbonyl (C=S) groups is 1. The van der Waals surface area contributed by atoms with Gasteiger partial charge in [0.05, 0.1) is 4.92 Å². The second-order valence-electron chi connectivity index (χ2n) is 6.42. The van der Waals surface area contributed by atoms with Crippen LogP contribution in [-0.4, -0.2) is 20.9 Å². The Morgan fingerprint density at radius 1 is 1.10 bits per heavy atom. The van der Waals surface area contributed by atoms with E-state index in [9.17, 15) is 14.9 Å². The molecule has 0 spiro atoms. The lowest BCUT2D eigenvalue weighted by molar-refractivity contribution is -0.384. The number of amides is 1. The molecule has 31 heavy (non-hydrogen) atoms. The van der Waals surface area contributed by atoms with Crippen LogP contribution in [0.15, 0.2) is 75.6 Å². The van der Waals surface area contributed by atoms with E-state index in [0.29, 0.717) is 22.7 Å². The maximum absolute atomic E-state index is 12.3. The third-order valence-corrected chi connectivity index (χ3v) is 4.98. The molecule has 0 fully saturated rings. The summed E-state index contributed by atoms with van der Waals surface area (Å²) in [5, 5.41) is 16.3. The lowest BCUT2D eigenvalue weighted by atomic mass is 10.2. The summed E-state index contributed by atoms with van der Waals surface area (Å²) in [6, 6.07) is 18.1. The van der Waals surface area contributed by atoms with E-state index in [2.05, 4.69) is 31.5 Å². The van der Waals surface area contributed by atoms with Crippen molar-refractivity contribution >= 4 is 61.6 Å². The predicted octanol–water partition coefficient (Wildman–Crippen LogP) is 5.29. The number of carbonyl (C=O) groups is 1. The van der Waals surface area contributed by atoms with Gasteiger partial charge in [-0.25, -0.2) is 4.98 Å². The molecule has 0 saturated carbocycles. The number of carbonyl (C=O) groups excluding carboxylic acids is 1. The maximum atomic E-state index is 12.3. The number of rotatable bonds is 4. The van der Waals surface area contributed by atoms with Crippen molar-refractivity contribution in [1.82, 2.24) is 10.3 Å². The standard InChI is InChI=1S/C21H13BrN4O4S/c22-14-3-1-2-13(10-14)20-24-17-11-15(6-9-18(17)30-20)23-21(31)25-19(27)12-4-7-16(8-5-12)26(28)29/h1-11H,(H2,23,25,27,31). The highest BCUT2D eigenvalue weighted by Gasteiger charge is 2.12. The number of nitrogens with zero attached hydrogens (tertiary/aromatic N) is 2. The Balaban J connectivity index is 1.45. The van der Waals surface area contributed by atoms with E-state index in [1.807, 2.05) is 24.3 Å². The highest BCUT2D eigenvalue weighted by molar-refractivity contribution is 9.10. The summed E-state index contributed by atoms with van der Waals surface area (Å²) in [5.41, 5.74) is 2.85. The third kappa shape index (κ3) is 4.76. The van der Waals surface area contributed by atoms with Crippen LogP contribution in [0.4, 0.5) is 11.4 Å². The van der Waals surface area contributed by atoms with E-state index < -0.39 is 10.8 Å². The summed E-state index contributed by atoms with van der Waals surface area (Å²) in [7, 11) is 0. The van der Waals surface area contributed by atoms with Gasteiger partial charge in [-0.2, -0.15) is 0 Å². The van der Waals surface area contributed by atoms with Gasteiger partial charge < -0.3 is 9.73 Å². The molecule has 0 bridgehead atoms. The van der Waals surface area contributed by atoms with Gasteiger partial charge in [0.2, 0.25) is 5.89 Å². The first-order valence-corrected chi connectivity index (χ1v) is 10.1. The molecule has 0 aliphatic heterocycles. The molecule has 0 saturated heterocycles. The molecule has 2 N–H and O–H groups in total. The SMILES string of the molecule is O=C(NC(=S)Nc1ccc2oc(-c3cccc(Br)c3)nc2c1)c1ccc([N+](=O)[O-])cc1. The van der Waals surface area contributed by atoms with Crippen LogP contribution in [0.3, 0.4) is 0 Å². The highest BCUT2D eigenvalue weighted by atomic mass is 79.9. The van der Waals surface area contributed by atoms with Crippen LogP contribution < -0.4 is 10.6 Å².